The van der Waals surface area contributed by atoms with Crippen LogP contribution in [0.3, 0.4) is 0 Å². The van der Waals surface area contributed by atoms with Crippen molar-refractivity contribution in [3.63, 3.8) is 0 Å². The number of pyridine rings is 1. The van der Waals surface area contributed by atoms with E-state index in [2.05, 4.69) is 70.5 Å². The maximum absolute atomic E-state index is 4.93. The van der Waals surface area contributed by atoms with Gasteiger partial charge in [0.1, 0.15) is 0 Å². The van der Waals surface area contributed by atoms with E-state index in [0.29, 0.717) is 0 Å². The molecule has 3 heterocycles. The molecule has 1 aliphatic heterocycles. The molecule has 0 amide bonds. The molecule has 0 aliphatic carbocycles. The van der Waals surface area contributed by atoms with Crippen LogP contribution in [0, 0.1) is 0 Å². The van der Waals surface area contributed by atoms with Gasteiger partial charge in [0.2, 0.25) is 0 Å². The number of para-hydroxylation sites is 4. The first-order chi connectivity index (χ1) is 11.9. The van der Waals surface area contributed by atoms with Gasteiger partial charge in [0, 0.05) is 22.4 Å². The lowest BCUT2D eigenvalue weighted by Gasteiger charge is -2.17. The molecule has 1 aliphatic rings. The van der Waals surface area contributed by atoms with Gasteiger partial charge in [-0.3, -0.25) is 0 Å². The summed E-state index contributed by atoms with van der Waals surface area (Å²) in [5.74, 6) is 0. The molecule has 24 heavy (non-hydrogen) atoms. The van der Waals surface area contributed by atoms with Gasteiger partial charge in [-0.2, -0.15) is 0 Å². The Morgan fingerprint density at radius 2 is 1.50 bits per heavy atom. The molecule has 0 saturated carbocycles. The molecule has 0 atom stereocenters. The zero-order valence-electron chi connectivity index (χ0n) is 12.8. The standard InChI is InChI=1S/C21H13N3/c1-4-11-19-13(6-1)14-7-5-8-15-20-18(12-24(19)21(14)15)22-16-9-2-3-10-17(16)23-20/h1-12,22H. The monoisotopic (exact) mass is 307 g/mol. The number of anilines is 2. The van der Waals surface area contributed by atoms with Crippen LogP contribution < -0.4 is 10.7 Å². The van der Waals surface area contributed by atoms with Crippen LogP contribution in [0.5, 0.6) is 0 Å². The normalized spacial score (nSPS) is 12.8. The predicted molar refractivity (Wildman–Crippen MR) is 98.5 cm³/mol. The fourth-order valence-corrected chi connectivity index (χ4v) is 3.87. The van der Waals surface area contributed by atoms with Crippen LogP contribution in [-0.4, -0.2) is 4.40 Å². The molecule has 6 rings (SSSR count). The van der Waals surface area contributed by atoms with Gasteiger partial charge in [0.25, 0.3) is 0 Å². The molecule has 112 valence electrons. The van der Waals surface area contributed by atoms with Crippen LogP contribution in [0.15, 0.2) is 77.9 Å². The van der Waals surface area contributed by atoms with Crippen molar-refractivity contribution < 1.29 is 0 Å². The first-order valence-corrected chi connectivity index (χ1v) is 8.09. The Bertz CT molecular complexity index is 1330. The lowest BCUT2D eigenvalue weighted by atomic mass is 10.1. The van der Waals surface area contributed by atoms with E-state index < -0.39 is 0 Å². The highest BCUT2D eigenvalue weighted by atomic mass is 15.0. The summed E-state index contributed by atoms with van der Waals surface area (Å²) < 4.78 is 2.29. The Labute approximate surface area is 137 Å². The molecule has 3 aromatic carbocycles. The van der Waals surface area contributed by atoms with Crippen LogP contribution in [0.2, 0.25) is 0 Å². The third-order valence-corrected chi connectivity index (χ3v) is 4.90. The van der Waals surface area contributed by atoms with Gasteiger partial charge >= 0.3 is 0 Å². The fraction of sp³-hybridized carbons (Fsp3) is 0. The van der Waals surface area contributed by atoms with Crippen molar-refractivity contribution in [3.05, 3.63) is 78.3 Å². The molecule has 3 nitrogen and oxygen atoms in total. The number of hydrogen-bond acceptors (Lipinski definition) is 2. The zero-order valence-corrected chi connectivity index (χ0v) is 12.8. The van der Waals surface area contributed by atoms with Crippen molar-refractivity contribution in [3.8, 4) is 0 Å². The summed E-state index contributed by atoms with van der Waals surface area (Å²) in [6, 6.07) is 23.2. The molecular formula is C21H13N3. The SMILES string of the molecule is c1ccc2c(c1)N=c1c(cn3c4ccccc4c4cccc1c43)N2. The van der Waals surface area contributed by atoms with Crippen LogP contribution in [-0.2, 0) is 0 Å². The van der Waals surface area contributed by atoms with E-state index in [4.69, 9.17) is 4.99 Å². The molecule has 0 spiro atoms. The van der Waals surface area contributed by atoms with E-state index in [1.165, 1.54) is 27.2 Å². The van der Waals surface area contributed by atoms with Crippen molar-refractivity contribution in [1.82, 2.24) is 4.40 Å². The molecule has 3 heteroatoms. The fourth-order valence-electron chi connectivity index (χ4n) is 3.87. The molecular weight excluding hydrogens is 294 g/mol. The largest absolute Gasteiger partial charge is 0.351 e. The topological polar surface area (TPSA) is 28.8 Å². The van der Waals surface area contributed by atoms with Gasteiger partial charge in [0.15, 0.2) is 0 Å². The Balaban J connectivity index is 1.90. The van der Waals surface area contributed by atoms with Crippen molar-refractivity contribution >= 4 is 44.3 Å². The lowest BCUT2D eigenvalue weighted by molar-refractivity contribution is 1.21. The van der Waals surface area contributed by atoms with Crippen molar-refractivity contribution in [2.75, 3.05) is 5.32 Å². The Hall–Kier alpha value is -3.33. The van der Waals surface area contributed by atoms with Crippen LogP contribution in [0.4, 0.5) is 17.1 Å². The molecule has 0 fully saturated rings. The maximum atomic E-state index is 4.93. The first-order valence-electron chi connectivity index (χ1n) is 8.09. The molecule has 0 unspecified atom stereocenters. The predicted octanol–water partition coefficient (Wildman–Crippen LogP) is 4.97. The van der Waals surface area contributed by atoms with E-state index in [9.17, 15) is 0 Å². The lowest BCUT2D eigenvalue weighted by Crippen LogP contribution is -2.15. The highest BCUT2D eigenvalue weighted by molar-refractivity contribution is 6.14. The van der Waals surface area contributed by atoms with Gasteiger partial charge in [0.05, 0.1) is 33.5 Å². The van der Waals surface area contributed by atoms with E-state index in [1.807, 2.05) is 12.1 Å². The van der Waals surface area contributed by atoms with Gasteiger partial charge in [-0.05, 0) is 18.2 Å². The van der Waals surface area contributed by atoms with Gasteiger partial charge in [-0.15, -0.1) is 0 Å². The third-order valence-electron chi connectivity index (χ3n) is 4.90. The molecule has 1 N–H and O–H groups in total. The minimum atomic E-state index is 0.992. The van der Waals surface area contributed by atoms with Crippen LogP contribution in [0.1, 0.15) is 0 Å². The second kappa shape index (κ2) is 4.15. The molecule has 0 saturated heterocycles. The Morgan fingerprint density at radius 1 is 0.708 bits per heavy atom. The summed E-state index contributed by atoms with van der Waals surface area (Å²) in [6.45, 7) is 0. The summed E-state index contributed by atoms with van der Waals surface area (Å²) in [5, 5.41) is 8.31. The number of aromatic nitrogens is 1. The second-order valence-electron chi connectivity index (χ2n) is 6.23. The number of fused-ring (bicyclic) bond motifs is 6. The summed E-state index contributed by atoms with van der Waals surface area (Å²) in [4.78, 5) is 4.93. The number of nitrogens with zero attached hydrogens (tertiary/aromatic N) is 2. The summed E-state index contributed by atoms with van der Waals surface area (Å²) in [6.07, 6.45) is 2.17. The second-order valence-corrected chi connectivity index (χ2v) is 6.23. The van der Waals surface area contributed by atoms with Gasteiger partial charge in [-0.25, -0.2) is 4.99 Å². The smallest absolute Gasteiger partial charge is 0.0981 e. The average molecular weight is 307 g/mol. The van der Waals surface area contributed by atoms with Crippen LogP contribution >= 0.6 is 0 Å². The molecule has 5 aromatic rings. The molecule has 0 radical (unpaired) electrons. The molecule has 2 aromatic heterocycles. The van der Waals surface area contributed by atoms with Crippen LogP contribution in [0.25, 0.3) is 27.2 Å². The number of rotatable bonds is 0. The van der Waals surface area contributed by atoms with Gasteiger partial charge < -0.3 is 9.72 Å². The van der Waals surface area contributed by atoms with E-state index in [1.54, 1.807) is 0 Å². The first kappa shape index (κ1) is 12.1. The number of nitrogens with one attached hydrogen (secondary N) is 1. The maximum Gasteiger partial charge on any atom is 0.0981 e. The van der Waals surface area contributed by atoms with E-state index in [0.717, 1.165) is 22.4 Å². The van der Waals surface area contributed by atoms with E-state index >= 15 is 0 Å². The highest BCUT2D eigenvalue weighted by Crippen LogP contribution is 2.35. The quantitative estimate of drug-likeness (QED) is 0.421. The highest BCUT2D eigenvalue weighted by Gasteiger charge is 2.17. The third kappa shape index (κ3) is 1.39. The zero-order chi connectivity index (χ0) is 15.7. The van der Waals surface area contributed by atoms with Crippen molar-refractivity contribution in [2.24, 2.45) is 4.99 Å². The summed E-state index contributed by atoms with van der Waals surface area (Å²) in [7, 11) is 0. The number of hydrogen-bond donors (Lipinski definition) is 1. The summed E-state index contributed by atoms with van der Waals surface area (Å²) in [5.41, 5.74) is 5.57. The Morgan fingerprint density at radius 3 is 2.50 bits per heavy atom. The minimum absolute atomic E-state index is 0.992. The van der Waals surface area contributed by atoms with Gasteiger partial charge in [-0.1, -0.05) is 48.5 Å². The minimum Gasteiger partial charge on any atom is -0.351 e. The average Bonchev–Trinajstić information content (AvgIpc) is 2.96. The molecule has 0 bridgehead atoms. The van der Waals surface area contributed by atoms with E-state index in [-0.39, 0.29) is 0 Å². The number of benzene rings is 3. The van der Waals surface area contributed by atoms with Crippen molar-refractivity contribution in [2.45, 2.75) is 0 Å². The Kier molecular flexibility index (Phi) is 2.10. The summed E-state index contributed by atoms with van der Waals surface area (Å²) >= 11 is 0. The van der Waals surface area contributed by atoms with Crippen molar-refractivity contribution in [1.29, 1.82) is 0 Å².